The maximum absolute atomic E-state index is 10.9. The van der Waals surface area contributed by atoms with E-state index >= 15 is 0 Å². The molecular weight excluding hydrogens is 244 g/mol. The summed E-state index contributed by atoms with van der Waals surface area (Å²) in [4.78, 5) is 10.9. The molecule has 1 fully saturated rings. The predicted octanol–water partition coefficient (Wildman–Crippen LogP) is 2.38. The molecule has 0 amide bonds. The number of carboxylic acids is 1. The normalized spacial score (nSPS) is 26.9. The summed E-state index contributed by atoms with van der Waals surface area (Å²) in [6.07, 6.45) is 2.00. The molecule has 2 rings (SSSR count). The van der Waals surface area contributed by atoms with Gasteiger partial charge in [-0.2, -0.15) is 0 Å². The third-order valence-electron chi connectivity index (χ3n) is 3.76. The van der Waals surface area contributed by atoms with Gasteiger partial charge in [0.15, 0.2) is 0 Å². The van der Waals surface area contributed by atoms with E-state index < -0.39 is 11.6 Å². The van der Waals surface area contributed by atoms with Crippen molar-refractivity contribution in [2.45, 2.75) is 38.2 Å². The highest BCUT2D eigenvalue weighted by Crippen LogP contribution is 2.32. The van der Waals surface area contributed by atoms with Gasteiger partial charge in [0.2, 0.25) is 0 Å². The predicted molar refractivity (Wildman–Crippen MR) is 71.2 cm³/mol. The van der Waals surface area contributed by atoms with Crippen LogP contribution < -0.4 is 4.74 Å². The van der Waals surface area contributed by atoms with Crippen LogP contribution >= 0.6 is 0 Å². The molecule has 2 N–H and O–H groups in total. The number of carboxylic acid groups (broad SMARTS) is 1. The molecular formula is C15H20O4. The molecule has 1 aromatic rings. The summed E-state index contributed by atoms with van der Waals surface area (Å²) in [7, 11) is 0. The summed E-state index contributed by atoms with van der Waals surface area (Å²) in [5.41, 5.74) is 0.217. The Labute approximate surface area is 113 Å². The molecule has 4 nitrogen and oxygen atoms in total. The van der Waals surface area contributed by atoms with Crippen LogP contribution in [0.3, 0.4) is 0 Å². The lowest BCUT2D eigenvalue weighted by Gasteiger charge is -2.34. The largest absolute Gasteiger partial charge is 0.491 e. The number of ether oxygens (including phenoxy) is 1. The minimum absolute atomic E-state index is 0.225. The highest BCUT2D eigenvalue weighted by Gasteiger charge is 2.36. The summed E-state index contributed by atoms with van der Waals surface area (Å²) in [5, 5.41) is 19.3. The Bertz CT molecular complexity index is 447. The van der Waals surface area contributed by atoms with Crippen LogP contribution in [0.5, 0.6) is 5.75 Å². The third kappa shape index (κ3) is 3.70. The number of hydrogen-bond donors (Lipinski definition) is 2. The van der Waals surface area contributed by atoms with Crippen molar-refractivity contribution in [3.63, 3.8) is 0 Å². The molecule has 1 aromatic carbocycles. The van der Waals surface area contributed by atoms with E-state index in [4.69, 9.17) is 9.84 Å². The van der Waals surface area contributed by atoms with Crippen molar-refractivity contribution in [3.8, 4) is 5.75 Å². The van der Waals surface area contributed by atoms with Gasteiger partial charge in [-0.15, -0.1) is 0 Å². The topological polar surface area (TPSA) is 66.8 Å². The van der Waals surface area contributed by atoms with Gasteiger partial charge < -0.3 is 14.9 Å². The first-order valence-electron chi connectivity index (χ1n) is 6.63. The van der Waals surface area contributed by atoms with Gasteiger partial charge in [-0.3, -0.25) is 4.79 Å². The fourth-order valence-electron chi connectivity index (χ4n) is 2.47. The first-order valence-corrected chi connectivity index (χ1v) is 6.63. The maximum Gasteiger partial charge on any atom is 0.306 e. The zero-order valence-corrected chi connectivity index (χ0v) is 11.1. The fraction of sp³-hybridized carbons (Fsp3) is 0.533. The van der Waals surface area contributed by atoms with Gasteiger partial charge in [0.05, 0.1) is 11.5 Å². The number of benzene rings is 1. The van der Waals surface area contributed by atoms with Gasteiger partial charge in [-0.05, 0) is 50.3 Å². The molecule has 0 aromatic heterocycles. The fourth-order valence-corrected chi connectivity index (χ4v) is 2.47. The minimum atomic E-state index is -0.893. The van der Waals surface area contributed by atoms with Crippen molar-refractivity contribution >= 4 is 5.97 Å². The second-order valence-corrected chi connectivity index (χ2v) is 5.44. The monoisotopic (exact) mass is 264 g/mol. The average Bonchev–Trinajstić information content (AvgIpc) is 2.37. The zero-order chi connectivity index (χ0) is 13.9. The Kier molecular flexibility index (Phi) is 4.10. The van der Waals surface area contributed by atoms with Crippen LogP contribution in [0.4, 0.5) is 0 Å². The number of aliphatic hydroxyl groups is 1. The van der Waals surface area contributed by atoms with Gasteiger partial charge >= 0.3 is 5.97 Å². The lowest BCUT2D eigenvalue weighted by Crippen LogP contribution is -2.41. The van der Waals surface area contributed by atoms with E-state index in [1.807, 2.05) is 31.2 Å². The van der Waals surface area contributed by atoms with Gasteiger partial charge in [0.25, 0.3) is 0 Å². The van der Waals surface area contributed by atoms with Gasteiger partial charge in [0.1, 0.15) is 12.4 Å². The van der Waals surface area contributed by atoms with E-state index in [-0.39, 0.29) is 12.5 Å². The summed E-state index contributed by atoms with van der Waals surface area (Å²) in [6, 6.07) is 7.68. The van der Waals surface area contributed by atoms with Gasteiger partial charge in [-0.1, -0.05) is 12.1 Å². The summed E-state index contributed by atoms with van der Waals surface area (Å²) >= 11 is 0. The van der Waals surface area contributed by atoms with Crippen molar-refractivity contribution in [1.29, 1.82) is 0 Å². The van der Waals surface area contributed by atoms with Crippen LogP contribution in [-0.2, 0) is 4.79 Å². The van der Waals surface area contributed by atoms with Crippen LogP contribution in [0.15, 0.2) is 24.3 Å². The van der Waals surface area contributed by atoms with Crippen LogP contribution in [0.25, 0.3) is 0 Å². The van der Waals surface area contributed by atoms with E-state index in [1.165, 1.54) is 0 Å². The molecule has 0 heterocycles. The Hall–Kier alpha value is -1.55. The molecule has 0 bridgehead atoms. The molecule has 0 unspecified atom stereocenters. The smallest absolute Gasteiger partial charge is 0.306 e. The summed E-state index contributed by atoms with van der Waals surface area (Å²) in [5.74, 6) is -0.338. The highest BCUT2D eigenvalue weighted by molar-refractivity contribution is 5.70. The number of aryl methyl sites for hydroxylation is 1. The zero-order valence-electron chi connectivity index (χ0n) is 11.1. The molecule has 0 radical (unpaired) electrons. The van der Waals surface area contributed by atoms with Crippen molar-refractivity contribution < 1.29 is 19.7 Å². The molecule has 4 heteroatoms. The number of hydrogen-bond acceptors (Lipinski definition) is 3. The molecule has 1 aliphatic carbocycles. The SMILES string of the molecule is Cc1cccc(OCC2(O)CCC(C(=O)O)CC2)c1. The van der Waals surface area contributed by atoms with E-state index in [0.29, 0.717) is 25.7 Å². The lowest BCUT2D eigenvalue weighted by molar-refractivity contribution is -0.145. The Morgan fingerprint density at radius 1 is 1.42 bits per heavy atom. The molecule has 1 saturated carbocycles. The molecule has 0 spiro atoms. The van der Waals surface area contributed by atoms with Crippen molar-refractivity contribution in [2.24, 2.45) is 5.92 Å². The van der Waals surface area contributed by atoms with Crippen LogP contribution in [-0.4, -0.2) is 28.4 Å². The number of carbonyl (C=O) groups is 1. The molecule has 0 saturated heterocycles. The second kappa shape index (κ2) is 5.61. The second-order valence-electron chi connectivity index (χ2n) is 5.44. The molecule has 19 heavy (non-hydrogen) atoms. The maximum atomic E-state index is 10.9. The van der Waals surface area contributed by atoms with Crippen LogP contribution in [0.2, 0.25) is 0 Å². The number of rotatable bonds is 4. The standard InChI is InChI=1S/C15H20O4/c1-11-3-2-4-13(9-11)19-10-15(18)7-5-12(6-8-15)14(16)17/h2-4,9,12,18H,5-8,10H2,1H3,(H,16,17). The highest BCUT2D eigenvalue weighted by atomic mass is 16.5. The Morgan fingerprint density at radius 2 is 2.11 bits per heavy atom. The van der Waals surface area contributed by atoms with E-state index in [0.717, 1.165) is 11.3 Å². The Balaban J connectivity index is 1.88. The first kappa shape index (κ1) is 13.9. The molecule has 104 valence electrons. The van der Waals surface area contributed by atoms with E-state index in [2.05, 4.69) is 0 Å². The van der Waals surface area contributed by atoms with Crippen molar-refractivity contribution in [3.05, 3.63) is 29.8 Å². The molecule has 1 aliphatic rings. The molecule has 0 aliphatic heterocycles. The van der Waals surface area contributed by atoms with Crippen LogP contribution in [0.1, 0.15) is 31.2 Å². The van der Waals surface area contributed by atoms with Gasteiger partial charge in [0, 0.05) is 0 Å². The van der Waals surface area contributed by atoms with Gasteiger partial charge in [-0.25, -0.2) is 0 Å². The first-order chi connectivity index (χ1) is 8.98. The quantitative estimate of drug-likeness (QED) is 0.876. The summed E-state index contributed by atoms with van der Waals surface area (Å²) < 4.78 is 5.63. The lowest BCUT2D eigenvalue weighted by atomic mass is 9.79. The van der Waals surface area contributed by atoms with Crippen molar-refractivity contribution in [2.75, 3.05) is 6.61 Å². The van der Waals surface area contributed by atoms with E-state index in [1.54, 1.807) is 0 Å². The van der Waals surface area contributed by atoms with Crippen LogP contribution in [0, 0.1) is 12.8 Å². The van der Waals surface area contributed by atoms with E-state index in [9.17, 15) is 9.90 Å². The third-order valence-corrected chi connectivity index (χ3v) is 3.76. The minimum Gasteiger partial charge on any atom is -0.491 e. The Morgan fingerprint density at radius 3 is 2.68 bits per heavy atom. The van der Waals surface area contributed by atoms with Crippen molar-refractivity contribution in [1.82, 2.24) is 0 Å². The average molecular weight is 264 g/mol. The number of aliphatic carboxylic acids is 1. The molecule has 0 atom stereocenters. The summed E-state index contributed by atoms with van der Waals surface area (Å²) in [6.45, 7) is 2.21.